The summed E-state index contributed by atoms with van der Waals surface area (Å²) in [6.45, 7) is 7.92. The van der Waals surface area contributed by atoms with Crippen molar-refractivity contribution in [2.45, 2.75) is 33.1 Å². The van der Waals surface area contributed by atoms with Crippen LogP contribution >= 0.6 is 11.3 Å². The first-order chi connectivity index (χ1) is 12.7. The molecule has 4 nitrogen and oxygen atoms in total. The molecule has 0 unspecified atom stereocenters. The molecule has 26 heavy (non-hydrogen) atoms. The minimum Gasteiger partial charge on any atom is -0.364 e. The molecule has 0 bridgehead atoms. The minimum atomic E-state index is 0.715. The maximum atomic E-state index is 10.6. The summed E-state index contributed by atoms with van der Waals surface area (Å²) in [5, 5.41) is 5.81. The highest BCUT2D eigenvalue weighted by Crippen LogP contribution is 2.38. The number of hydrogen-bond donors (Lipinski definition) is 2. The number of aromatic amines is 1. The molecule has 0 spiro atoms. The van der Waals surface area contributed by atoms with Gasteiger partial charge in [0.1, 0.15) is 5.01 Å². The fourth-order valence-electron chi connectivity index (χ4n) is 3.32. The summed E-state index contributed by atoms with van der Waals surface area (Å²) in [4.78, 5) is 18.8. The maximum Gasteiger partial charge on any atom is 0.211 e. The first-order valence-electron chi connectivity index (χ1n) is 8.68. The minimum absolute atomic E-state index is 0.715. The molecule has 0 saturated heterocycles. The Bertz CT molecular complexity index is 912. The van der Waals surface area contributed by atoms with Crippen molar-refractivity contribution in [1.82, 2.24) is 15.3 Å². The van der Waals surface area contributed by atoms with Crippen LogP contribution in [0.15, 0.2) is 47.7 Å². The summed E-state index contributed by atoms with van der Waals surface area (Å²) in [5.41, 5.74) is 8.05. The predicted octanol–water partition coefficient (Wildman–Crippen LogP) is 5.23. The van der Waals surface area contributed by atoms with E-state index >= 15 is 0 Å². The number of nitrogens with one attached hydrogen (secondary N) is 2. The van der Waals surface area contributed by atoms with Crippen LogP contribution in [-0.2, 0) is 4.79 Å². The lowest BCUT2D eigenvalue weighted by Crippen LogP contribution is -2.01. The Labute approximate surface area is 158 Å². The van der Waals surface area contributed by atoms with Gasteiger partial charge in [0.15, 0.2) is 0 Å². The quantitative estimate of drug-likeness (QED) is 0.544. The Morgan fingerprint density at radius 1 is 1.42 bits per heavy atom. The standard InChI is InChI=1S/C21H23N3OS/c1-4-5-8-18-15(3)23-11-19(18)20-12-26-21(24-20)14(2)17-9-6-7-16(17)10-22-13-25/h4-5,8,10-13,23H,1,6-7,9H2,2-3H3,(H,22,25)/b8-5-,16-10-,17-14+. The molecule has 1 aliphatic rings. The van der Waals surface area contributed by atoms with Crippen LogP contribution in [0.25, 0.3) is 22.9 Å². The van der Waals surface area contributed by atoms with Gasteiger partial charge in [-0.3, -0.25) is 4.79 Å². The summed E-state index contributed by atoms with van der Waals surface area (Å²) < 4.78 is 0. The molecule has 1 aliphatic carbocycles. The van der Waals surface area contributed by atoms with Gasteiger partial charge in [0.05, 0.1) is 5.69 Å². The number of amides is 1. The summed E-state index contributed by atoms with van der Waals surface area (Å²) >= 11 is 1.66. The zero-order valence-electron chi connectivity index (χ0n) is 15.1. The van der Waals surface area contributed by atoms with E-state index < -0.39 is 0 Å². The molecule has 0 radical (unpaired) electrons. The molecule has 0 aromatic carbocycles. The first kappa shape index (κ1) is 18.1. The highest BCUT2D eigenvalue weighted by Gasteiger charge is 2.19. The van der Waals surface area contributed by atoms with Gasteiger partial charge in [-0.1, -0.05) is 24.8 Å². The van der Waals surface area contributed by atoms with E-state index in [0.717, 1.165) is 46.8 Å². The summed E-state index contributed by atoms with van der Waals surface area (Å²) in [6, 6.07) is 0. The molecule has 3 rings (SSSR count). The van der Waals surface area contributed by atoms with Crippen LogP contribution in [0.2, 0.25) is 0 Å². The molecular weight excluding hydrogens is 342 g/mol. The number of aryl methyl sites for hydroxylation is 1. The lowest BCUT2D eigenvalue weighted by Gasteiger charge is -2.05. The fourth-order valence-corrected chi connectivity index (χ4v) is 4.17. The SMILES string of the molecule is C=C/C=C\c1c(-c2csc(/C(C)=C3\CCC\C3=C\NC=O)n2)c[nH]c1C. The molecular formula is C21H23N3OS. The van der Waals surface area contributed by atoms with Crippen molar-refractivity contribution in [3.05, 3.63) is 63.9 Å². The number of carbonyl (C=O) groups is 1. The number of nitrogens with zero attached hydrogens (tertiary/aromatic N) is 1. The van der Waals surface area contributed by atoms with Gasteiger partial charge in [-0.15, -0.1) is 11.3 Å². The van der Waals surface area contributed by atoms with Crippen molar-refractivity contribution in [2.75, 3.05) is 0 Å². The molecule has 0 atom stereocenters. The maximum absolute atomic E-state index is 10.6. The lowest BCUT2D eigenvalue weighted by molar-refractivity contribution is -0.108. The molecule has 2 aromatic rings. The Morgan fingerprint density at radius 3 is 3.04 bits per heavy atom. The van der Waals surface area contributed by atoms with Crippen molar-refractivity contribution >= 4 is 29.4 Å². The van der Waals surface area contributed by atoms with Gasteiger partial charge < -0.3 is 10.3 Å². The number of hydrogen-bond acceptors (Lipinski definition) is 3. The van der Waals surface area contributed by atoms with Crippen LogP contribution in [-0.4, -0.2) is 16.4 Å². The zero-order valence-corrected chi connectivity index (χ0v) is 16.0. The third kappa shape index (κ3) is 3.63. The van der Waals surface area contributed by atoms with Crippen LogP contribution < -0.4 is 5.32 Å². The van der Waals surface area contributed by atoms with Gasteiger partial charge in [0, 0.05) is 34.6 Å². The van der Waals surface area contributed by atoms with Crippen LogP contribution in [0.4, 0.5) is 0 Å². The first-order valence-corrected chi connectivity index (χ1v) is 9.56. The summed E-state index contributed by atoms with van der Waals surface area (Å²) in [7, 11) is 0. The van der Waals surface area contributed by atoms with E-state index in [0.29, 0.717) is 6.41 Å². The van der Waals surface area contributed by atoms with E-state index in [2.05, 4.69) is 42.2 Å². The third-order valence-corrected chi connectivity index (χ3v) is 5.63. The number of H-pyrrole nitrogens is 1. The monoisotopic (exact) mass is 365 g/mol. The van der Waals surface area contributed by atoms with Gasteiger partial charge in [0.25, 0.3) is 0 Å². The molecule has 1 saturated carbocycles. The molecule has 1 fully saturated rings. The number of carbonyl (C=O) groups excluding carboxylic acids is 1. The number of allylic oxidation sites excluding steroid dienone is 5. The Kier molecular flexibility index (Phi) is 5.68. The van der Waals surface area contributed by atoms with Crippen molar-refractivity contribution in [1.29, 1.82) is 0 Å². The van der Waals surface area contributed by atoms with Crippen molar-refractivity contribution in [3.8, 4) is 11.3 Å². The largest absolute Gasteiger partial charge is 0.364 e. The van der Waals surface area contributed by atoms with Gasteiger partial charge in [0.2, 0.25) is 6.41 Å². The number of thiazole rings is 1. The van der Waals surface area contributed by atoms with Crippen LogP contribution in [0.3, 0.4) is 0 Å². The average molecular weight is 366 g/mol. The molecule has 1 amide bonds. The van der Waals surface area contributed by atoms with Gasteiger partial charge in [-0.05, 0) is 49.8 Å². The van der Waals surface area contributed by atoms with Crippen molar-refractivity contribution in [3.63, 3.8) is 0 Å². The van der Waals surface area contributed by atoms with E-state index in [-0.39, 0.29) is 0 Å². The molecule has 5 heteroatoms. The van der Waals surface area contributed by atoms with Crippen molar-refractivity contribution in [2.24, 2.45) is 0 Å². The highest BCUT2D eigenvalue weighted by atomic mass is 32.1. The Balaban J connectivity index is 1.96. The zero-order chi connectivity index (χ0) is 18.5. The molecule has 2 N–H and O–H groups in total. The van der Waals surface area contributed by atoms with Crippen molar-refractivity contribution < 1.29 is 4.79 Å². The highest BCUT2D eigenvalue weighted by molar-refractivity contribution is 7.11. The van der Waals surface area contributed by atoms with E-state index in [1.807, 2.05) is 18.5 Å². The van der Waals surface area contributed by atoms with E-state index in [1.54, 1.807) is 17.4 Å². The van der Waals surface area contributed by atoms with Gasteiger partial charge in [-0.2, -0.15) is 0 Å². The van der Waals surface area contributed by atoms with E-state index in [9.17, 15) is 4.79 Å². The predicted molar refractivity (Wildman–Crippen MR) is 110 cm³/mol. The average Bonchev–Trinajstić information content (AvgIpc) is 3.37. The smallest absolute Gasteiger partial charge is 0.211 e. The second kappa shape index (κ2) is 8.15. The molecule has 0 aliphatic heterocycles. The second-order valence-electron chi connectivity index (χ2n) is 6.28. The van der Waals surface area contributed by atoms with Crippen LogP contribution in [0.1, 0.15) is 42.5 Å². The number of aromatic nitrogens is 2. The van der Waals surface area contributed by atoms with Crippen LogP contribution in [0, 0.1) is 6.92 Å². The summed E-state index contributed by atoms with van der Waals surface area (Å²) in [5.74, 6) is 0. The van der Waals surface area contributed by atoms with Crippen LogP contribution in [0.5, 0.6) is 0 Å². The summed E-state index contributed by atoms with van der Waals surface area (Å²) in [6.07, 6.45) is 13.5. The Morgan fingerprint density at radius 2 is 2.27 bits per heavy atom. The van der Waals surface area contributed by atoms with Gasteiger partial charge >= 0.3 is 0 Å². The van der Waals surface area contributed by atoms with Gasteiger partial charge in [-0.25, -0.2) is 4.98 Å². The number of rotatable bonds is 6. The Hall–Kier alpha value is -2.66. The molecule has 134 valence electrons. The topological polar surface area (TPSA) is 57.8 Å². The third-order valence-electron chi connectivity index (χ3n) is 4.67. The van der Waals surface area contributed by atoms with E-state index in [1.165, 1.54) is 16.7 Å². The normalized spacial score (nSPS) is 17.8. The fraction of sp³-hybridized carbons (Fsp3) is 0.238. The molecule has 2 heterocycles. The van der Waals surface area contributed by atoms with E-state index in [4.69, 9.17) is 4.98 Å². The molecule has 2 aromatic heterocycles. The lowest BCUT2D eigenvalue weighted by atomic mass is 10.0. The second-order valence-corrected chi connectivity index (χ2v) is 7.14.